The van der Waals surface area contributed by atoms with Gasteiger partial charge in [-0.25, -0.2) is 0 Å². The Morgan fingerprint density at radius 3 is 1.60 bits per heavy atom. The van der Waals surface area contributed by atoms with Crippen molar-refractivity contribution in [3.63, 3.8) is 0 Å². The Kier molecular flexibility index (Phi) is 8.83. The molecule has 0 amide bonds. The van der Waals surface area contributed by atoms with Crippen molar-refractivity contribution < 1.29 is 4.42 Å². The molecule has 0 spiro atoms. The van der Waals surface area contributed by atoms with Gasteiger partial charge in [0.05, 0.1) is 16.7 Å². The molecule has 0 bridgehead atoms. The van der Waals surface area contributed by atoms with Crippen LogP contribution in [-0.2, 0) is 0 Å². The maximum atomic E-state index is 6.65. The lowest BCUT2D eigenvalue weighted by atomic mass is 9.94. The molecule has 0 unspecified atom stereocenters. The highest BCUT2D eigenvalue weighted by Gasteiger charge is 2.22. The Morgan fingerprint density at radius 2 is 0.841 bits per heavy atom. The van der Waals surface area contributed by atoms with Crippen molar-refractivity contribution >= 4 is 60.8 Å². The molecule has 0 fully saturated rings. The van der Waals surface area contributed by atoms with Crippen LogP contribution in [0.5, 0.6) is 0 Å². The van der Waals surface area contributed by atoms with Crippen LogP contribution < -0.4 is 4.90 Å². The minimum atomic E-state index is 0.885. The monoisotopic (exact) mass is 804 g/mol. The molecule has 3 nitrogen and oxygen atoms in total. The van der Waals surface area contributed by atoms with Gasteiger partial charge in [-0.2, -0.15) is 0 Å². The molecule has 12 aromatic rings. The molecule has 63 heavy (non-hydrogen) atoms. The molecule has 0 saturated heterocycles. The van der Waals surface area contributed by atoms with Crippen LogP contribution in [0.25, 0.3) is 93.9 Å². The van der Waals surface area contributed by atoms with Gasteiger partial charge < -0.3 is 13.9 Å². The van der Waals surface area contributed by atoms with E-state index in [2.05, 4.69) is 246 Å². The summed E-state index contributed by atoms with van der Waals surface area (Å²) >= 11 is 0. The fourth-order valence-corrected chi connectivity index (χ4v) is 9.49. The van der Waals surface area contributed by atoms with Crippen LogP contribution in [-0.4, -0.2) is 4.57 Å². The van der Waals surface area contributed by atoms with Crippen LogP contribution in [0.2, 0.25) is 0 Å². The van der Waals surface area contributed by atoms with Gasteiger partial charge in [0.15, 0.2) is 0 Å². The summed E-state index contributed by atoms with van der Waals surface area (Å²) in [5.74, 6) is 0. The van der Waals surface area contributed by atoms with E-state index < -0.39 is 0 Å². The number of para-hydroxylation sites is 4. The standard InChI is InChI=1S/C60H40N2O/c1-3-16-41(17-4-1)42-30-34-45(35-31-42)61(56-27-12-10-23-51(56)54-25-15-26-55-53-24-11-14-29-59(53)63-60(54)55)47-38-39-52-50-22-9-13-28-57(50)62(58(52)40-47)46-36-32-44(33-37-46)49-21-8-7-20-48(49)43-18-5-2-6-19-43/h1-40H. The summed E-state index contributed by atoms with van der Waals surface area (Å²) in [6.07, 6.45) is 0. The smallest absolute Gasteiger partial charge is 0.143 e. The van der Waals surface area contributed by atoms with E-state index in [9.17, 15) is 0 Å². The third kappa shape index (κ3) is 6.29. The summed E-state index contributed by atoms with van der Waals surface area (Å²) in [7, 11) is 0. The molecule has 0 saturated carbocycles. The molecule has 2 heterocycles. The van der Waals surface area contributed by atoms with Crippen LogP contribution in [0, 0.1) is 0 Å². The highest BCUT2D eigenvalue weighted by atomic mass is 16.3. The number of furan rings is 1. The second kappa shape index (κ2) is 15.3. The van der Waals surface area contributed by atoms with Gasteiger partial charge in [-0.05, 0) is 88.0 Å². The van der Waals surface area contributed by atoms with Crippen molar-refractivity contribution in [1.29, 1.82) is 0 Å². The molecular weight excluding hydrogens is 765 g/mol. The summed E-state index contributed by atoms with van der Waals surface area (Å²) in [6, 6.07) is 87.1. The SMILES string of the molecule is c1ccc(-c2ccc(N(c3ccc4c5ccccc5n(-c5ccc(-c6ccccc6-c6ccccc6)cc5)c4c3)c3ccccc3-c3cccc4c3oc3ccccc34)cc2)cc1. The van der Waals surface area contributed by atoms with Gasteiger partial charge in [0.2, 0.25) is 0 Å². The van der Waals surface area contributed by atoms with E-state index in [4.69, 9.17) is 4.42 Å². The summed E-state index contributed by atoms with van der Waals surface area (Å²) in [4.78, 5) is 2.40. The zero-order chi connectivity index (χ0) is 41.7. The third-order valence-corrected chi connectivity index (χ3v) is 12.4. The predicted octanol–water partition coefficient (Wildman–Crippen LogP) is 16.8. The van der Waals surface area contributed by atoms with E-state index in [0.29, 0.717) is 0 Å². The Morgan fingerprint density at radius 1 is 0.317 bits per heavy atom. The van der Waals surface area contributed by atoms with Crippen LogP contribution >= 0.6 is 0 Å². The van der Waals surface area contributed by atoms with Gasteiger partial charge >= 0.3 is 0 Å². The molecule has 0 aliphatic heterocycles. The van der Waals surface area contributed by atoms with E-state index in [0.717, 1.165) is 66.8 Å². The molecule has 0 aliphatic carbocycles. The second-order valence-electron chi connectivity index (χ2n) is 16.1. The van der Waals surface area contributed by atoms with Crippen molar-refractivity contribution in [2.75, 3.05) is 4.90 Å². The molecule has 0 aliphatic rings. The normalized spacial score (nSPS) is 11.5. The zero-order valence-corrected chi connectivity index (χ0v) is 34.4. The third-order valence-electron chi connectivity index (χ3n) is 12.4. The lowest BCUT2D eigenvalue weighted by Crippen LogP contribution is -2.11. The molecule has 3 heteroatoms. The van der Waals surface area contributed by atoms with Crippen LogP contribution in [0.15, 0.2) is 247 Å². The molecule has 0 N–H and O–H groups in total. The fraction of sp³-hybridized carbons (Fsp3) is 0. The first kappa shape index (κ1) is 36.5. The van der Waals surface area contributed by atoms with Crippen molar-refractivity contribution in [2.24, 2.45) is 0 Å². The predicted molar refractivity (Wildman–Crippen MR) is 264 cm³/mol. The van der Waals surface area contributed by atoms with Crippen LogP contribution in [0.3, 0.4) is 0 Å². The Balaban J connectivity index is 1.04. The molecule has 296 valence electrons. The number of fused-ring (bicyclic) bond motifs is 6. The topological polar surface area (TPSA) is 21.3 Å². The largest absolute Gasteiger partial charge is 0.455 e. The van der Waals surface area contributed by atoms with Gasteiger partial charge in [-0.3, -0.25) is 0 Å². The second-order valence-corrected chi connectivity index (χ2v) is 16.1. The van der Waals surface area contributed by atoms with Crippen molar-refractivity contribution in [3.8, 4) is 50.2 Å². The molecule has 0 radical (unpaired) electrons. The quantitative estimate of drug-likeness (QED) is 0.153. The molecule has 10 aromatic carbocycles. The number of rotatable bonds is 8. The highest BCUT2D eigenvalue weighted by Crippen LogP contribution is 2.46. The minimum Gasteiger partial charge on any atom is -0.455 e. The first-order valence-electron chi connectivity index (χ1n) is 21.5. The Bertz CT molecular complexity index is 3600. The lowest BCUT2D eigenvalue weighted by Gasteiger charge is -2.28. The highest BCUT2D eigenvalue weighted by molar-refractivity contribution is 6.12. The molecule has 2 aromatic heterocycles. The van der Waals surface area contributed by atoms with Crippen LogP contribution in [0.4, 0.5) is 17.1 Å². The van der Waals surface area contributed by atoms with E-state index in [1.165, 1.54) is 44.2 Å². The lowest BCUT2D eigenvalue weighted by molar-refractivity contribution is 0.670. The van der Waals surface area contributed by atoms with E-state index in [1.807, 2.05) is 6.07 Å². The molecular formula is C60H40N2O. The molecule has 0 atom stereocenters. The number of hydrogen-bond acceptors (Lipinski definition) is 2. The van der Waals surface area contributed by atoms with Crippen molar-refractivity contribution in [2.45, 2.75) is 0 Å². The van der Waals surface area contributed by atoms with E-state index >= 15 is 0 Å². The fourth-order valence-electron chi connectivity index (χ4n) is 9.49. The number of aromatic nitrogens is 1. The van der Waals surface area contributed by atoms with Gasteiger partial charge in [0.1, 0.15) is 11.2 Å². The summed E-state index contributed by atoms with van der Waals surface area (Å²) in [5, 5.41) is 4.64. The number of nitrogens with zero attached hydrogens (tertiary/aromatic N) is 2. The van der Waals surface area contributed by atoms with E-state index in [1.54, 1.807) is 0 Å². The maximum Gasteiger partial charge on any atom is 0.143 e. The van der Waals surface area contributed by atoms with Crippen molar-refractivity contribution in [1.82, 2.24) is 4.57 Å². The first-order chi connectivity index (χ1) is 31.3. The Hall–Kier alpha value is -8.40. The van der Waals surface area contributed by atoms with E-state index in [-0.39, 0.29) is 0 Å². The summed E-state index contributed by atoms with van der Waals surface area (Å²) in [6.45, 7) is 0. The number of hydrogen-bond donors (Lipinski definition) is 0. The van der Waals surface area contributed by atoms with Gasteiger partial charge in [0.25, 0.3) is 0 Å². The average Bonchev–Trinajstić information content (AvgIpc) is 3.91. The summed E-state index contributed by atoms with van der Waals surface area (Å²) in [5.41, 5.74) is 17.7. The van der Waals surface area contributed by atoms with Gasteiger partial charge in [-0.15, -0.1) is 0 Å². The number of anilines is 3. The van der Waals surface area contributed by atoms with Gasteiger partial charge in [-0.1, -0.05) is 188 Å². The number of benzene rings is 10. The average molecular weight is 805 g/mol. The van der Waals surface area contributed by atoms with Crippen molar-refractivity contribution in [3.05, 3.63) is 243 Å². The maximum absolute atomic E-state index is 6.65. The first-order valence-corrected chi connectivity index (χ1v) is 21.5. The summed E-state index contributed by atoms with van der Waals surface area (Å²) < 4.78 is 9.06. The van der Waals surface area contributed by atoms with Crippen LogP contribution in [0.1, 0.15) is 0 Å². The molecule has 12 rings (SSSR count). The van der Waals surface area contributed by atoms with Gasteiger partial charge in [0, 0.05) is 49.7 Å². The minimum absolute atomic E-state index is 0.885. The zero-order valence-electron chi connectivity index (χ0n) is 34.4. The Labute approximate surface area is 366 Å².